The zero-order chi connectivity index (χ0) is 22.9. The second kappa shape index (κ2) is 8.93. The minimum atomic E-state index is -3.91. The van der Waals surface area contributed by atoms with Crippen molar-refractivity contribution in [1.29, 1.82) is 0 Å². The van der Waals surface area contributed by atoms with Crippen LogP contribution >= 0.6 is 11.3 Å². The Kier molecular flexibility index (Phi) is 6.22. The van der Waals surface area contributed by atoms with Crippen LogP contribution < -0.4 is 19.5 Å². The van der Waals surface area contributed by atoms with Gasteiger partial charge in [0.2, 0.25) is 15.9 Å². The molecule has 1 aliphatic heterocycles. The maximum absolute atomic E-state index is 13.3. The van der Waals surface area contributed by atoms with Crippen molar-refractivity contribution in [3.8, 4) is 17.2 Å². The summed E-state index contributed by atoms with van der Waals surface area (Å²) in [5.74, 6) is 1.02. The molecule has 1 aliphatic rings. The number of nitrogens with zero attached hydrogens (tertiary/aromatic N) is 2. The number of carbonyl (C=O) groups is 1. The predicted molar refractivity (Wildman–Crippen MR) is 121 cm³/mol. The second-order valence-electron chi connectivity index (χ2n) is 7.13. The van der Waals surface area contributed by atoms with Gasteiger partial charge in [-0.05, 0) is 43.2 Å². The lowest BCUT2D eigenvalue weighted by molar-refractivity contribution is -0.119. The van der Waals surface area contributed by atoms with Crippen molar-refractivity contribution >= 4 is 42.6 Å². The largest absolute Gasteiger partial charge is 0.497 e. The normalized spacial score (nSPS) is 16.8. The molecule has 170 valence electrons. The highest BCUT2D eigenvalue weighted by atomic mass is 32.2. The number of ether oxygens (including phenoxy) is 3. The molecular weight excluding hydrogens is 454 g/mol. The number of thiazole rings is 1. The highest BCUT2D eigenvalue weighted by molar-refractivity contribution is 7.89. The number of amides is 1. The molecule has 11 heteroatoms. The van der Waals surface area contributed by atoms with Crippen LogP contribution in [0.4, 0.5) is 5.13 Å². The summed E-state index contributed by atoms with van der Waals surface area (Å²) in [6.45, 7) is 0.256. The maximum atomic E-state index is 13.3. The van der Waals surface area contributed by atoms with Gasteiger partial charge in [0.15, 0.2) is 16.6 Å². The minimum Gasteiger partial charge on any atom is -0.497 e. The van der Waals surface area contributed by atoms with Gasteiger partial charge in [-0.15, -0.1) is 0 Å². The van der Waals surface area contributed by atoms with Crippen molar-refractivity contribution in [1.82, 2.24) is 9.29 Å². The van der Waals surface area contributed by atoms with Crippen LogP contribution in [0.5, 0.6) is 17.2 Å². The molecule has 0 spiro atoms. The summed E-state index contributed by atoms with van der Waals surface area (Å²) in [7, 11) is 0.584. The third-order valence-electron chi connectivity index (χ3n) is 5.29. The smallest absolute Gasteiger partial charge is 0.244 e. The van der Waals surface area contributed by atoms with Crippen LogP contribution in [0.2, 0.25) is 0 Å². The summed E-state index contributed by atoms with van der Waals surface area (Å²) in [5, 5.41) is 3.19. The molecule has 2 heterocycles. The summed E-state index contributed by atoms with van der Waals surface area (Å²) in [4.78, 5) is 17.5. The van der Waals surface area contributed by atoms with Gasteiger partial charge in [0.05, 0.1) is 36.4 Å². The molecule has 3 aromatic rings. The van der Waals surface area contributed by atoms with Crippen molar-refractivity contribution in [2.75, 3.05) is 33.2 Å². The van der Waals surface area contributed by atoms with E-state index in [4.69, 9.17) is 14.2 Å². The maximum Gasteiger partial charge on any atom is 0.244 e. The zero-order valence-electron chi connectivity index (χ0n) is 17.8. The first-order chi connectivity index (χ1) is 15.4. The third kappa shape index (κ3) is 4.10. The summed E-state index contributed by atoms with van der Waals surface area (Å²) >= 11 is 1.31. The standard InChI is InChI=1S/C21H23N3O6S2/c1-28-13-6-8-15-19(11-13)31-21(22-15)23-20(25)16-5-4-10-24(16)32(26,27)14-7-9-17(29-2)18(12-14)30-3/h6-9,11-12,16H,4-5,10H2,1-3H3,(H,22,23,25). The monoisotopic (exact) mass is 477 g/mol. The summed E-state index contributed by atoms with van der Waals surface area (Å²) in [6, 6.07) is 9.01. The fourth-order valence-electron chi connectivity index (χ4n) is 3.68. The number of rotatable bonds is 7. The Morgan fingerprint density at radius 3 is 2.59 bits per heavy atom. The van der Waals surface area contributed by atoms with Crippen LogP contribution in [-0.4, -0.2) is 57.5 Å². The van der Waals surface area contributed by atoms with Gasteiger partial charge in [-0.1, -0.05) is 11.3 Å². The van der Waals surface area contributed by atoms with Crippen molar-refractivity contribution in [3.05, 3.63) is 36.4 Å². The lowest BCUT2D eigenvalue weighted by atomic mass is 10.2. The SMILES string of the molecule is COc1ccc2nc(NC(=O)C3CCCN3S(=O)(=O)c3ccc(OC)c(OC)c3)sc2c1. The van der Waals surface area contributed by atoms with E-state index in [9.17, 15) is 13.2 Å². The Hall–Kier alpha value is -2.89. The van der Waals surface area contributed by atoms with Gasteiger partial charge >= 0.3 is 0 Å². The molecule has 1 unspecified atom stereocenters. The van der Waals surface area contributed by atoms with Crippen LogP contribution in [0.25, 0.3) is 10.2 Å². The van der Waals surface area contributed by atoms with Gasteiger partial charge in [-0.3, -0.25) is 4.79 Å². The number of benzene rings is 2. The van der Waals surface area contributed by atoms with E-state index in [1.54, 1.807) is 13.2 Å². The molecule has 1 atom stereocenters. The molecule has 1 aromatic heterocycles. The quantitative estimate of drug-likeness (QED) is 0.557. The Labute approximate surface area is 190 Å². The molecule has 1 N–H and O–H groups in total. The van der Waals surface area contributed by atoms with Crippen molar-refractivity contribution in [2.24, 2.45) is 0 Å². The first-order valence-electron chi connectivity index (χ1n) is 9.86. The van der Waals surface area contributed by atoms with E-state index in [2.05, 4.69) is 10.3 Å². The Morgan fingerprint density at radius 1 is 1.09 bits per heavy atom. The average Bonchev–Trinajstić information content (AvgIpc) is 3.45. The summed E-state index contributed by atoms with van der Waals surface area (Å²) < 4.78 is 44.3. The fourth-order valence-corrected chi connectivity index (χ4v) is 6.25. The first-order valence-corrected chi connectivity index (χ1v) is 12.1. The molecular formula is C21H23N3O6S2. The molecule has 1 fully saturated rings. The average molecular weight is 478 g/mol. The number of anilines is 1. The van der Waals surface area contributed by atoms with E-state index in [0.717, 1.165) is 10.2 Å². The highest BCUT2D eigenvalue weighted by Crippen LogP contribution is 2.34. The van der Waals surface area contributed by atoms with Gasteiger partial charge in [-0.2, -0.15) is 4.31 Å². The van der Waals surface area contributed by atoms with Crippen LogP contribution in [0.15, 0.2) is 41.3 Å². The van der Waals surface area contributed by atoms with Gasteiger partial charge in [0, 0.05) is 12.6 Å². The second-order valence-corrected chi connectivity index (χ2v) is 10.1. The number of carbonyl (C=O) groups excluding carboxylic acids is 1. The highest BCUT2D eigenvalue weighted by Gasteiger charge is 2.40. The molecule has 0 bridgehead atoms. The van der Waals surface area contributed by atoms with E-state index < -0.39 is 22.0 Å². The van der Waals surface area contributed by atoms with Crippen molar-refractivity contribution in [3.63, 3.8) is 0 Å². The van der Waals surface area contributed by atoms with Crippen LogP contribution in [0.3, 0.4) is 0 Å². The van der Waals surface area contributed by atoms with E-state index in [-0.39, 0.29) is 11.4 Å². The molecule has 9 nitrogen and oxygen atoms in total. The molecule has 32 heavy (non-hydrogen) atoms. The number of fused-ring (bicyclic) bond motifs is 1. The third-order valence-corrected chi connectivity index (χ3v) is 8.13. The van der Waals surface area contributed by atoms with E-state index in [1.165, 1.54) is 48.1 Å². The first kappa shape index (κ1) is 22.3. The molecule has 1 saturated heterocycles. The van der Waals surface area contributed by atoms with Crippen molar-refractivity contribution in [2.45, 2.75) is 23.8 Å². The zero-order valence-corrected chi connectivity index (χ0v) is 19.5. The lowest BCUT2D eigenvalue weighted by Crippen LogP contribution is -2.43. The number of aromatic nitrogens is 1. The minimum absolute atomic E-state index is 0.0435. The Morgan fingerprint density at radius 2 is 1.88 bits per heavy atom. The predicted octanol–water partition coefficient (Wildman–Crippen LogP) is 3.11. The molecule has 0 radical (unpaired) electrons. The number of methoxy groups -OCH3 is 3. The van der Waals surface area contributed by atoms with Crippen molar-refractivity contribution < 1.29 is 27.4 Å². The van der Waals surface area contributed by atoms with Crippen LogP contribution in [0, 0.1) is 0 Å². The van der Waals surface area contributed by atoms with E-state index in [1.807, 2.05) is 12.1 Å². The van der Waals surface area contributed by atoms with E-state index in [0.29, 0.717) is 35.2 Å². The topological polar surface area (TPSA) is 107 Å². The van der Waals surface area contributed by atoms with Crippen LogP contribution in [0.1, 0.15) is 12.8 Å². The van der Waals surface area contributed by atoms with Crippen LogP contribution in [-0.2, 0) is 14.8 Å². The molecule has 0 aliphatic carbocycles. The van der Waals surface area contributed by atoms with Gasteiger partial charge in [0.1, 0.15) is 11.8 Å². The fraction of sp³-hybridized carbons (Fsp3) is 0.333. The number of hydrogen-bond donors (Lipinski definition) is 1. The van der Waals surface area contributed by atoms with Gasteiger partial charge in [0.25, 0.3) is 0 Å². The van der Waals surface area contributed by atoms with Gasteiger partial charge in [-0.25, -0.2) is 13.4 Å². The molecule has 2 aromatic carbocycles. The Bertz CT molecular complexity index is 1260. The Balaban J connectivity index is 1.57. The van der Waals surface area contributed by atoms with Gasteiger partial charge < -0.3 is 19.5 Å². The number of hydrogen-bond acceptors (Lipinski definition) is 8. The van der Waals surface area contributed by atoms with E-state index >= 15 is 0 Å². The number of nitrogens with one attached hydrogen (secondary N) is 1. The molecule has 4 rings (SSSR count). The molecule has 1 amide bonds. The summed E-state index contributed by atoms with van der Waals surface area (Å²) in [6.07, 6.45) is 1.01. The number of sulfonamides is 1. The summed E-state index contributed by atoms with van der Waals surface area (Å²) in [5.41, 5.74) is 0.729. The molecule has 0 saturated carbocycles. The lowest BCUT2D eigenvalue weighted by Gasteiger charge is -2.23.